The lowest BCUT2D eigenvalue weighted by molar-refractivity contribution is -0.122. The van der Waals surface area contributed by atoms with Gasteiger partial charge in [-0.2, -0.15) is 0 Å². The molecule has 0 saturated heterocycles. The van der Waals surface area contributed by atoms with Crippen molar-refractivity contribution in [3.63, 3.8) is 0 Å². The highest BCUT2D eigenvalue weighted by Gasteiger charge is 2.25. The molecule has 1 aromatic carbocycles. The summed E-state index contributed by atoms with van der Waals surface area (Å²) in [5.74, 6) is 1.67. The van der Waals surface area contributed by atoms with E-state index >= 15 is 0 Å². The molecule has 1 saturated carbocycles. The van der Waals surface area contributed by atoms with Crippen molar-refractivity contribution in [3.8, 4) is 11.6 Å². The lowest BCUT2D eigenvalue weighted by Crippen LogP contribution is -2.31. The molecule has 0 unspecified atom stereocenters. The third-order valence-electron chi connectivity index (χ3n) is 4.42. The largest absolute Gasteiger partial charge is 0.439 e. The molecule has 1 amide bonds. The van der Waals surface area contributed by atoms with E-state index in [4.69, 9.17) is 10.5 Å². The first-order valence-corrected chi connectivity index (χ1v) is 8.41. The average molecular weight is 325 g/mol. The molecule has 5 nitrogen and oxygen atoms in total. The lowest BCUT2D eigenvalue weighted by atomic mass is 10.00. The van der Waals surface area contributed by atoms with Crippen LogP contribution in [0.3, 0.4) is 0 Å². The predicted octanol–water partition coefficient (Wildman–Crippen LogP) is 3.01. The summed E-state index contributed by atoms with van der Waals surface area (Å²) in [6.07, 6.45) is 5.46. The Morgan fingerprint density at radius 1 is 1.21 bits per heavy atom. The summed E-state index contributed by atoms with van der Waals surface area (Å²) < 4.78 is 5.65. The van der Waals surface area contributed by atoms with Gasteiger partial charge in [-0.3, -0.25) is 4.79 Å². The second-order valence-electron chi connectivity index (χ2n) is 6.26. The molecule has 3 rings (SSSR count). The molecule has 24 heavy (non-hydrogen) atoms. The van der Waals surface area contributed by atoms with Crippen molar-refractivity contribution in [2.45, 2.75) is 38.3 Å². The number of carbonyl (C=O) groups is 1. The van der Waals surface area contributed by atoms with Crippen LogP contribution in [-0.4, -0.2) is 16.9 Å². The number of carbonyl (C=O) groups excluding carboxylic acids is 1. The Morgan fingerprint density at radius 3 is 2.71 bits per heavy atom. The molecule has 0 aliphatic heterocycles. The topological polar surface area (TPSA) is 77.2 Å². The van der Waals surface area contributed by atoms with Crippen molar-refractivity contribution in [2.75, 3.05) is 0 Å². The summed E-state index contributed by atoms with van der Waals surface area (Å²) in [5, 5.41) is 2.94. The number of nitrogens with zero attached hydrogens (tertiary/aromatic N) is 1. The number of aromatic nitrogens is 1. The molecule has 0 bridgehead atoms. The highest BCUT2D eigenvalue weighted by Crippen LogP contribution is 2.26. The minimum Gasteiger partial charge on any atom is -0.439 e. The molecule has 0 spiro atoms. The third kappa shape index (κ3) is 4.55. The Labute approximate surface area is 142 Å². The number of amides is 1. The fourth-order valence-electron chi connectivity index (χ4n) is 3.02. The molecular formula is C19H23N3O2. The van der Waals surface area contributed by atoms with Crippen molar-refractivity contribution in [2.24, 2.45) is 11.7 Å². The van der Waals surface area contributed by atoms with Crippen molar-refractivity contribution < 1.29 is 9.53 Å². The zero-order valence-electron chi connectivity index (χ0n) is 13.7. The predicted molar refractivity (Wildman–Crippen MR) is 92.5 cm³/mol. The Balaban J connectivity index is 1.46. The number of nitrogens with one attached hydrogen (secondary N) is 1. The molecule has 1 fully saturated rings. The molecular weight excluding hydrogens is 302 g/mol. The summed E-state index contributed by atoms with van der Waals surface area (Å²) in [7, 11) is 0. The normalized spacial score (nSPS) is 19.9. The molecule has 2 atom stereocenters. The van der Waals surface area contributed by atoms with Gasteiger partial charge in [-0.15, -0.1) is 0 Å². The van der Waals surface area contributed by atoms with Crippen molar-refractivity contribution in [1.29, 1.82) is 0 Å². The van der Waals surface area contributed by atoms with Gasteiger partial charge >= 0.3 is 0 Å². The Hall–Kier alpha value is -2.40. The minimum absolute atomic E-state index is 0.0574. The Kier molecular flexibility index (Phi) is 5.43. The molecule has 1 aromatic heterocycles. The van der Waals surface area contributed by atoms with Gasteiger partial charge in [0.15, 0.2) is 0 Å². The summed E-state index contributed by atoms with van der Waals surface area (Å²) in [6, 6.07) is 13.4. The fraction of sp³-hybridized carbons (Fsp3) is 0.368. The number of benzene rings is 1. The van der Waals surface area contributed by atoms with Gasteiger partial charge in [-0.25, -0.2) is 4.98 Å². The van der Waals surface area contributed by atoms with Gasteiger partial charge < -0.3 is 15.8 Å². The van der Waals surface area contributed by atoms with Crippen molar-refractivity contribution in [1.82, 2.24) is 10.3 Å². The quantitative estimate of drug-likeness (QED) is 0.856. The zero-order valence-corrected chi connectivity index (χ0v) is 13.7. The standard InChI is InChI=1S/C19H23N3O2/c20-17-8-4-5-15(17)11-18(23)21-12-14-9-10-19(22-13-14)24-16-6-2-1-3-7-16/h1-3,6-7,9-10,13,15,17H,4-5,8,11-12,20H2,(H,21,23)/t15-,17+/m0/s1. The van der Waals surface area contributed by atoms with E-state index in [1.807, 2.05) is 36.4 Å². The van der Waals surface area contributed by atoms with Crippen LogP contribution in [0.15, 0.2) is 48.7 Å². The first-order chi connectivity index (χ1) is 11.7. The number of para-hydroxylation sites is 1. The van der Waals surface area contributed by atoms with Crippen LogP contribution in [-0.2, 0) is 11.3 Å². The molecule has 3 N–H and O–H groups in total. The third-order valence-corrected chi connectivity index (χ3v) is 4.42. The summed E-state index contributed by atoms with van der Waals surface area (Å²) >= 11 is 0. The molecule has 1 aliphatic rings. The Morgan fingerprint density at radius 2 is 2.04 bits per heavy atom. The van der Waals surface area contributed by atoms with Gasteiger partial charge in [0, 0.05) is 31.3 Å². The maximum absolute atomic E-state index is 12.0. The van der Waals surface area contributed by atoms with Gasteiger partial charge in [0.05, 0.1) is 0 Å². The highest BCUT2D eigenvalue weighted by atomic mass is 16.5. The van der Waals surface area contributed by atoms with Crippen molar-refractivity contribution >= 4 is 5.91 Å². The van der Waals surface area contributed by atoms with Crippen LogP contribution in [0.4, 0.5) is 0 Å². The van der Waals surface area contributed by atoms with Gasteiger partial charge in [-0.1, -0.05) is 30.7 Å². The van der Waals surface area contributed by atoms with E-state index in [1.54, 1.807) is 12.3 Å². The molecule has 126 valence electrons. The van der Waals surface area contributed by atoms with Crippen LogP contribution in [0.2, 0.25) is 0 Å². The van der Waals surface area contributed by atoms with E-state index in [0.29, 0.717) is 24.8 Å². The van der Waals surface area contributed by atoms with Crippen LogP contribution in [0.25, 0.3) is 0 Å². The van der Waals surface area contributed by atoms with E-state index in [0.717, 1.165) is 30.6 Å². The van der Waals surface area contributed by atoms with Crippen LogP contribution in [0.1, 0.15) is 31.2 Å². The molecule has 0 radical (unpaired) electrons. The average Bonchev–Trinajstić information content (AvgIpc) is 3.00. The number of hydrogen-bond donors (Lipinski definition) is 2. The van der Waals surface area contributed by atoms with E-state index in [-0.39, 0.29) is 11.9 Å². The molecule has 5 heteroatoms. The van der Waals surface area contributed by atoms with Crippen LogP contribution in [0.5, 0.6) is 11.6 Å². The second-order valence-corrected chi connectivity index (χ2v) is 6.26. The van der Waals surface area contributed by atoms with E-state index in [1.165, 1.54) is 0 Å². The van der Waals surface area contributed by atoms with Crippen LogP contribution >= 0.6 is 0 Å². The fourth-order valence-corrected chi connectivity index (χ4v) is 3.02. The van der Waals surface area contributed by atoms with Crippen LogP contribution < -0.4 is 15.8 Å². The number of nitrogens with two attached hydrogens (primary N) is 1. The minimum atomic E-state index is 0.0574. The first kappa shape index (κ1) is 16.5. The van der Waals surface area contributed by atoms with E-state index in [9.17, 15) is 4.79 Å². The first-order valence-electron chi connectivity index (χ1n) is 8.41. The number of rotatable bonds is 6. The van der Waals surface area contributed by atoms with E-state index < -0.39 is 0 Å². The molecule has 1 heterocycles. The maximum Gasteiger partial charge on any atom is 0.220 e. The summed E-state index contributed by atoms with van der Waals surface area (Å²) in [6.45, 7) is 0.472. The van der Waals surface area contributed by atoms with Gasteiger partial charge in [0.1, 0.15) is 5.75 Å². The smallest absolute Gasteiger partial charge is 0.220 e. The van der Waals surface area contributed by atoms with Gasteiger partial charge in [0.2, 0.25) is 11.8 Å². The van der Waals surface area contributed by atoms with Crippen molar-refractivity contribution in [3.05, 3.63) is 54.2 Å². The molecule has 1 aliphatic carbocycles. The zero-order chi connectivity index (χ0) is 16.8. The number of pyridine rings is 1. The monoisotopic (exact) mass is 325 g/mol. The second kappa shape index (κ2) is 7.93. The van der Waals surface area contributed by atoms with Gasteiger partial charge in [0.25, 0.3) is 0 Å². The summed E-state index contributed by atoms with van der Waals surface area (Å²) in [5.41, 5.74) is 6.95. The highest BCUT2D eigenvalue weighted by molar-refractivity contribution is 5.76. The maximum atomic E-state index is 12.0. The van der Waals surface area contributed by atoms with Crippen LogP contribution in [0, 0.1) is 5.92 Å². The van der Waals surface area contributed by atoms with E-state index in [2.05, 4.69) is 10.3 Å². The SMILES string of the molecule is N[C@@H]1CCC[C@H]1CC(=O)NCc1ccc(Oc2ccccc2)nc1. The Bertz CT molecular complexity index is 658. The lowest BCUT2D eigenvalue weighted by Gasteiger charge is -2.14. The number of ether oxygens (including phenoxy) is 1. The number of hydrogen-bond acceptors (Lipinski definition) is 4. The summed E-state index contributed by atoms with van der Waals surface area (Å²) in [4.78, 5) is 16.3. The molecule has 2 aromatic rings. The van der Waals surface area contributed by atoms with Gasteiger partial charge in [-0.05, 0) is 36.5 Å².